The fourth-order valence-corrected chi connectivity index (χ4v) is 1.15. The van der Waals surface area contributed by atoms with Crippen LogP contribution in [-0.2, 0) is 4.79 Å². The zero-order chi connectivity index (χ0) is 7.68. The highest BCUT2D eigenvalue weighted by atomic mass is 16.2. The Morgan fingerprint density at radius 3 is 2.55 bits per heavy atom. The minimum Gasteiger partial charge on any atom is -0.312 e. The van der Waals surface area contributed by atoms with Crippen LogP contribution in [0.15, 0.2) is 24.3 Å². The lowest BCUT2D eigenvalue weighted by Crippen LogP contribution is -2.43. The van der Waals surface area contributed by atoms with Crippen LogP contribution in [-0.4, -0.2) is 12.5 Å². The molecule has 1 aromatic rings. The van der Waals surface area contributed by atoms with Crippen molar-refractivity contribution in [2.75, 3.05) is 11.4 Å². The molecular weight excluding hydrogens is 138 g/mol. The van der Waals surface area contributed by atoms with Gasteiger partial charge in [0.2, 0.25) is 5.91 Å². The minimum atomic E-state index is 0.219. The summed E-state index contributed by atoms with van der Waals surface area (Å²) in [5.41, 5.74) is 0.986. The smallest absolute Gasteiger partial charge is 0.228 e. The average molecular weight is 146 g/mol. The maximum atomic E-state index is 10.9. The van der Waals surface area contributed by atoms with Crippen molar-refractivity contribution >= 4 is 11.6 Å². The average Bonchev–Trinajstić information content (AvgIpc) is 2.04. The van der Waals surface area contributed by atoms with Gasteiger partial charge in [-0.05, 0) is 18.2 Å². The highest BCUT2D eigenvalue weighted by Gasteiger charge is 2.24. The van der Waals surface area contributed by atoms with Crippen molar-refractivity contribution in [1.82, 2.24) is 0 Å². The molecule has 2 rings (SSSR count). The number of carbonyl (C=O) groups is 1. The Labute approximate surface area is 65.4 Å². The van der Waals surface area contributed by atoms with E-state index in [2.05, 4.69) is 6.07 Å². The van der Waals surface area contributed by atoms with Crippen LogP contribution in [0.5, 0.6) is 0 Å². The quantitative estimate of drug-likeness (QED) is 0.545. The second kappa shape index (κ2) is 2.38. The van der Waals surface area contributed by atoms with Crippen molar-refractivity contribution in [2.24, 2.45) is 0 Å². The molecule has 0 aliphatic carbocycles. The van der Waals surface area contributed by atoms with Crippen LogP contribution in [0.2, 0.25) is 0 Å². The second-order valence-electron chi connectivity index (χ2n) is 2.55. The van der Waals surface area contributed by atoms with Gasteiger partial charge in [-0.2, -0.15) is 0 Å². The summed E-state index contributed by atoms with van der Waals surface area (Å²) in [6.45, 7) is 0.864. The molecular formula is C9H8NO. The van der Waals surface area contributed by atoms with Gasteiger partial charge in [0.15, 0.2) is 0 Å². The highest BCUT2D eigenvalue weighted by Crippen LogP contribution is 2.20. The molecule has 1 radical (unpaired) electrons. The number of amides is 1. The molecule has 0 bridgehead atoms. The third kappa shape index (κ3) is 1.00. The Balaban J connectivity index is 2.23. The topological polar surface area (TPSA) is 20.3 Å². The van der Waals surface area contributed by atoms with E-state index >= 15 is 0 Å². The van der Waals surface area contributed by atoms with Gasteiger partial charge in [-0.25, -0.2) is 0 Å². The monoisotopic (exact) mass is 146 g/mol. The normalized spacial score (nSPS) is 16.4. The third-order valence-corrected chi connectivity index (χ3v) is 1.86. The molecule has 0 atom stereocenters. The van der Waals surface area contributed by atoms with Crippen LogP contribution in [0.25, 0.3) is 0 Å². The summed E-state index contributed by atoms with van der Waals surface area (Å²) in [5, 5.41) is 0. The summed E-state index contributed by atoms with van der Waals surface area (Å²) in [6.07, 6.45) is 0.693. The van der Waals surface area contributed by atoms with Crippen LogP contribution in [0.1, 0.15) is 6.42 Å². The summed E-state index contributed by atoms with van der Waals surface area (Å²) in [7, 11) is 0. The number of hydrogen-bond donors (Lipinski definition) is 0. The molecule has 1 aromatic carbocycles. The zero-order valence-corrected chi connectivity index (χ0v) is 6.08. The number of benzene rings is 1. The van der Waals surface area contributed by atoms with Gasteiger partial charge < -0.3 is 4.90 Å². The van der Waals surface area contributed by atoms with Crippen LogP contribution in [0, 0.1) is 6.07 Å². The van der Waals surface area contributed by atoms with Crippen LogP contribution in [0.3, 0.4) is 0 Å². The molecule has 1 aliphatic rings. The molecule has 55 valence electrons. The molecule has 1 heterocycles. The Morgan fingerprint density at radius 2 is 2.09 bits per heavy atom. The minimum absolute atomic E-state index is 0.219. The van der Waals surface area contributed by atoms with Crippen molar-refractivity contribution in [3.8, 4) is 0 Å². The van der Waals surface area contributed by atoms with Crippen molar-refractivity contribution in [2.45, 2.75) is 6.42 Å². The predicted octanol–water partition coefficient (Wildman–Crippen LogP) is 1.22. The Hall–Kier alpha value is -1.31. The van der Waals surface area contributed by atoms with Gasteiger partial charge in [-0.3, -0.25) is 4.79 Å². The number of hydrogen-bond acceptors (Lipinski definition) is 1. The van der Waals surface area contributed by atoms with Gasteiger partial charge in [0.05, 0.1) is 0 Å². The Kier molecular flexibility index (Phi) is 1.39. The van der Waals surface area contributed by atoms with Gasteiger partial charge in [0, 0.05) is 18.7 Å². The molecule has 1 saturated heterocycles. The van der Waals surface area contributed by atoms with E-state index in [0.29, 0.717) is 6.42 Å². The molecule has 0 unspecified atom stereocenters. The fraction of sp³-hybridized carbons (Fsp3) is 0.222. The lowest BCUT2D eigenvalue weighted by molar-refractivity contribution is -0.122. The molecule has 1 fully saturated rings. The predicted molar refractivity (Wildman–Crippen MR) is 42.2 cm³/mol. The summed E-state index contributed by atoms with van der Waals surface area (Å²) in [4.78, 5) is 12.7. The summed E-state index contributed by atoms with van der Waals surface area (Å²) >= 11 is 0. The van der Waals surface area contributed by atoms with Crippen LogP contribution < -0.4 is 4.90 Å². The lowest BCUT2D eigenvalue weighted by Gasteiger charge is -2.30. The number of anilines is 1. The van der Waals surface area contributed by atoms with Crippen LogP contribution >= 0.6 is 0 Å². The zero-order valence-electron chi connectivity index (χ0n) is 6.08. The molecule has 2 heteroatoms. The molecule has 1 amide bonds. The standard InChI is InChI=1S/C9H8NO/c11-9-6-7-10(9)8-4-2-1-3-5-8/h2-5H,6-7H2. The number of nitrogens with zero attached hydrogens (tertiary/aromatic N) is 1. The molecule has 0 saturated carbocycles. The van der Waals surface area contributed by atoms with Gasteiger partial charge in [-0.15, -0.1) is 0 Å². The first-order valence-electron chi connectivity index (χ1n) is 3.64. The molecule has 0 N–H and O–H groups in total. The second-order valence-corrected chi connectivity index (χ2v) is 2.55. The van der Waals surface area contributed by atoms with Crippen molar-refractivity contribution < 1.29 is 4.79 Å². The van der Waals surface area contributed by atoms with Gasteiger partial charge in [-0.1, -0.05) is 12.1 Å². The summed E-state index contributed by atoms with van der Waals surface area (Å²) < 4.78 is 0. The van der Waals surface area contributed by atoms with E-state index in [-0.39, 0.29) is 5.91 Å². The highest BCUT2D eigenvalue weighted by molar-refractivity contribution is 5.99. The first kappa shape index (κ1) is 6.40. The van der Waals surface area contributed by atoms with E-state index in [1.54, 1.807) is 4.90 Å². The largest absolute Gasteiger partial charge is 0.312 e. The van der Waals surface area contributed by atoms with Crippen LogP contribution in [0.4, 0.5) is 5.69 Å². The molecule has 11 heavy (non-hydrogen) atoms. The van der Waals surface area contributed by atoms with E-state index in [9.17, 15) is 4.79 Å². The lowest BCUT2D eigenvalue weighted by atomic mass is 10.1. The van der Waals surface area contributed by atoms with Crippen molar-refractivity contribution in [3.05, 3.63) is 30.3 Å². The van der Waals surface area contributed by atoms with E-state index in [1.165, 1.54) is 0 Å². The summed E-state index contributed by atoms with van der Waals surface area (Å²) in [6, 6.07) is 10.4. The molecule has 0 aromatic heterocycles. The van der Waals surface area contributed by atoms with E-state index in [4.69, 9.17) is 0 Å². The third-order valence-electron chi connectivity index (χ3n) is 1.86. The van der Waals surface area contributed by atoms with E-state index in [0.717, 1.165) is 12.2 Å². The SMILES string of the molecule is O=C1CCN1c1cc[c]cc1. The van der Waals surface area contributed by atoms with E-state index < -0.39 is 0 Å². The number of β-lactam (4-membered cyclic amide) rings is 1. The Bertz CT molecular complexity index is 268. The van der Waals surface area contributed by atoms with Crippen molar-refractivity contribution in [3.63, 3.8) is 0 Å². The first-order chi connectivity index (χ1) is 5.38. The first-order valence-corrected chi connectivity index (χ1v) is 3.64. The molecule has 0 spiro atoms. The van der Waals surface area contributed by atoms with Gasteiger partial charge in [0.25, 0.3) is 0 Å². The number of rotatable bonds is 1. The van der Waals surface area contributed by atoms with E-state index in [1.807, 2.05) is 24.3 Å². The maximum Gasteiger partial charge on any atom is 0.228 e. The number of carbonyl (C=O) groups excluding carboxylic acids is 1. The van der Waals surface area contributed by atoms with Crippen molar-refractivity contribution in [1.29, 1.82) is 0 Å². The molecule has 1 aliphatic heterocycles. The van der Waals surface area contributed by atoms with Gasteiger partial charge in [0.1, 0.15) is 0 Å². The Morgan fingerprint density at radius 1 is 1.36 bits per heavy atom. The van der Waals surface area contributed by atoms with Gasteiger partial charge >= 0.3 is 0 Å². The maximum absolute atomic E-state index is 10.9. The fourth-order valence-electron chi connectivity index (χ4n) is 1.15. The molecule has 2 nitrogen and oxygen atoms in total. The summed E-state index contributed by atoms with van der Waals surface area (Å²) in [5.74, 6) is 0.219.